The lowest BCUT2D eigenvalue weighted by molar-refractivity contribution is 0.166. The molecule has 1 rings (SSSR count). The molecule has 0 saturated heterocycles. The number of nitroso groups, excluding NO2 is 1. The van der Waals surface area contributed by atoms with Crippen molar-refractivity contribution in [2.45, 2.75) is 31.7 Å². The summed E-state index contributed by atoms with van der Waals surface area (Å²) in [5, 5.41) is 15.2. The lowest BCUT2D eigenvalue weighted by atomic mass is 9.87. The van der Waals surface area contributed by atoms with Crippen LogP contribution >= 0.6 is 11.6 Å². The average Bonchev–Trinajstić information content (AvgIpc) is 2.36. The Morgan fingerprint density at radius 2 is 2.06 bits per heavy atom. The third-order valence-electron chi connectivity index (χ3n) is 3.06. The van der Waals surface area contributed by atoms with Crippen molar-refractivity contribution in [3.63, 3.8) is 0 Å². The summed E-state index contributed by atoms with van der Waals surface area (Å²) in [5.74, 6) is 0.516. The van der Waals surface area contributed by atoms with Crippen molar-refractivity contribution in [1.82, 2.24) is 10.3 Å². The van der Waals surface area contributed by atoms with Gasteiger partial charge in [0.15, 0.2) is 0 Å². The van der Waals surface area contributed by atoms with E-state index in [1.165, 1.54) is 0 Å². The Morgan fingerprint density at radius 3 is 2.53 bits per heavy atom. The van der Waals surface area contributed by atoms with Crippen LogP contribution in [0.4, 0.5) is 4.79 Å². The van der Waals surface area contributed by atoms with Crippen LogP contribution in [-0.2, 0) is 0 Å². The fraction of sp³-hybridized carbons (Fsp3) is 0.900. The van der Waals surface area contributed by atoms with Crippen LogP contribution in [-0.4, -0.2) is 41.2 Å². The van der Waals surface area contributed by atoms with Crippen LogP contribution in [0.5, 0.6) is 0 Å². The highest BCUT2D eigenvalue weighted by atomic mass is 35.5. The van der Waals surface area contributed by atoms with E-state index in [4.69, 9.17) is 16.7 Å². The highest BCUT2D eigenvalue weighted by Gasteiger charge is 2.23. The van der Waals surface area contributed by atoms with E-state index in [9.17, 15) is 9.70 Å². The second-order valence-electron chi connectivity index (χ2n) is 4.24. The highest BCUT2D eigenvalue weighted by Crippen LogP contribution is 2.23. The number of rotatable bonds is 5. The molecule has 0 spiro atoms. The zero-order valence-electron chi connectivity index (χ0n) is 9.64. The second-order valence-corrected chi connectivity index (χ2v) is 4.62. The van der Waals surface area contributed by atoms with Gasteiger partial charge in [-0.1, -0.05) is 0 Å². The Hall–Kier alpha value is -0.880. The third kappa shape index (κ3) is 4.47. The number of urea groups is 1. The first-order chi connectivity index (χ1) is 8.21. The zero-order valence-corrected chi connectivity index (χ0v) is 10.4. The molecule has 17 heavy (non-hydrogen) atoms. The van der Waals surface area contributed by atoms with E-state index < -0.39 is 6.03 Å². The Morgan fingerprint density at radius 1 is 1.41 bits per heavy atom. The van der Waals surface area contributed by atoms with Gasteiger partial charge >= 0.3 is 6.03 Å². The van der Waals surface area contributed by atoms with E-state index in [1.54, 1.807) is 0 Å². The van der Waals surface area contributed by atoms with Gasteiger partial charge in [0.25, 0.3) is 0 Å². The number of hydrogen-bond donors (Lipinski definition) is 2. The first-order valence-corrected chi connectivity index (χ1v) is 6.32. The topological polar surface area (TPSA) is 82.0 Å². The molecule has 0 atom stereocenters. The molecule has 0 aliphatic heterocycles. The Labute approximate surface area is 105 Å². The fourth-order valence-corrected chi connectivity index (χ4v) is 2.16. The number of alkyl halides is 1. The summed E-state index contributed by atoms with van der Waals surface area (Å²) in [6.07, 6.45) is 3.44. The van der Waals surface area contributed by atoms with E-state index >= 15 is 0 Å². The Balaban J connectivity index is 2.33. The third-order valence-corrected chi connectivity index (χ3v) is 3.23. The van der Waals surface area contributed by atoms with Crippen molar-refractivity contribution in [3.05, 3.63) is 4.91 Å². The fourth-order valence-electron chi connectivity index (χ4n) is 2.00. The molecule has 98 valence electrons. The summed E-state index contributed by atoms with van der Waals surface area (Å²) in [5.41, 5.74) is 0. The number of nitrogens with one attached hydrogen (secondary N) is 1. The lowest BCUT2D eigenvalue weighted by Gasteiger charge is -2.28. The molecule has 1 saturated carbocycles. The van der Waals surface area contributed by atoms with Crippen LogP contribution in [0.15, 0.2) is 5.29 Å². The summed E-state index contributed by atoms with van der Waals surface area (Å²) in [4.78, 5) is 22.0. The molecular weight excluding hydrogens is 246 g/mol. The van der Waals surface area contributed by atoms with Crippen molar-refractivity contribution in [1.29, 1.82) is 0 Å². The van der Waals surface area contributed by atoms with Gasteiger partial charge in [-0.2, -0.15) is 5.01 Å². The van der Waals surface area contributed by atoms with Crippen LogP contribution in [0, 0.1) is 10.8 Å². The molecule has 2 amide bonds. The maximum absolute atomic E-state index is 11.6. The largest absolute Gasteiger partial charge is 0.396 e. The molecule has 0 aromatic carbocycles. The van der Waals surface area contributed by atoms with Crippen molar-refractivity contribution < 1.29 is 9.90 Å². The number of nitrogens with zero attached hydrogens (tertiary/aromatic N) is 2. The number of carbonyl (C=O) groups excluding carboxylic acids is 1. The molecule has 2 N–H and O–H groups in total. The van der Waals surface area contributed by atoms with E-state index in [2.05, 4.69) is 10.6 Å². The standard InChI is InChI=1S/C10H18ClN3O3/c11-5-6-14(13-17)10(16)12-9-3-1-8(7-15)2-4-9/h8-9,15H,1-7H2,(H,12,16). The molecule has 0 bridgehead atoms. The number of aliphatic hydroxyl groups is 1. The number of aliphatic hydroxyl groups excluding tert-OH is 1. The van der Waals surface area contributed by atoms with Crippen molar-refractivity contribution in [2.75, 3.05) is 19.0 Å². The number of amides is 2. The smallest absolute Gasteiger partial charge is 0.340 e. The first-order valence-electron chi connectivity index (χ1n) is 5.79. The molecule has 0 heterocycles. The maximum atomic E-state index is 11.6. The summed E-state index contributed by atoms with van der Waals surface area (Å²) in [7, 11) is 0. The molecule has 0 radical (unpaired) electrons. The summed E-state index contributed by atoms with van der Waals surface area (Å²) in [6, 6.07) is -0.432. The lowest BCUT2D eigenvalue weighted by Crippen LogP contribution is -2.44. The predicted octanol–water partition coefficient (Wildman–Crippen LogP) is 1.47. The quantitative estimate of drug-likeness (QED) is 0.448. The SMILES string of the molecule is O=NN(CCCl)C(=O)NC1CCC(CO)CC1. The molecule has 0 unspecified atom stereocenters. The van der Waals surface area contributed by atoms with Gasteiger partial charge < -0.3 is 10.4 Å². The summed E-state index contributed by atoms with van der Waals surface area (Å²) in [6.45, 7) is 0.317. The van der Waals surface area contributed by atoms with Crippen LogP contribution in [0.1, 0.15) is 25.7 Å². The van der Waals surface area contributed by atoms with Gasteiger partial charge in [-0.05, 0) is 31.6 Å². The van der Waals surface area contributed by atoms with Gasteiger partial charge in [-0.15, -0.1) is 16.5 Å². The minimum absolute atomic E-state index is 0.0601. The van der Waals surface area contributed by atoms with Gasteiger partial charge in [0.05, 0.1) is 11.8 Å². The summed E-state index contributed by atoms with van der Waals surface area (Å²) < 4.78 is 0. The van der Waals surface area contributed by atoms with Crippen molar-refractivity contribution >= 4 is 17.6 Å². The minimum Gasteiger partial charge on any atom is -0.396 e. The normalized spacial score (nSPS) is 24.1. The zero-order chi connectivity index (χ0) is 12.7. The van der Waals surface area contributed by atoms with Gasteiger partial charge in [0.2, 0.25) is 0 Å². The van der Waals surface area contributed by atoms with Crippen LogP contribution < -0.4 is 5.32 Å². The molecule has 1 aliphatic carbocycles. The van der Waals surface area contributed by atoms with E-state index in [1.807, 2.05) is 0 Å². The van der Waals surface area contributed by atoms with E-state index in [-0.39, 0.29) is 25.1 Å². The predicted molar refractivity (Wildman–Crippen MR) is 64.6 cm³/mol. The molecule has 6 nitrogen and oxygen atoms in total. The second kappa shape index (κ2) is 7.45. The Kier molecular flexibility index (Phi) is 6.21. The van der Waals surface area contributed by atoms with Crippen LogP contribution in [0.3, 0.4) is 0 Å². The average molecular weight is 264 g/mol. The molecule has 7 heteroatoms. The van der Waals surface area contributed by atoms with Crippen LogP contribution in [0.25, 0.3) is 0 Å². The van der Waals surface area contributed by atoms with E-state index in [0.29, 0.717) is 5.92 Å². The first kappa shape index (κ1) is 14.2. The molecular formula is C10H18ClN3O3. The molecule has 1 aliphatic rings. The van der Waals surface area contributed by atoms with Gasteiger partial charge in [-0.25, -0.2) is 4.79 Å². The molecule has 1 fully saturated rings. The minimum atomic E-state index is -0.493. The maximum Gasteiger partial charge on any atom is 0.340 e. The number of carbonyl (C=O) groups is 1. The highest BCUT2D eigenvalue weighted by molar-refractivity contribution is 6.18. The van der Waals surface area contributed by atoms with E-state index in [0.717, 1.165) is 30.7 Å². The number of halogens is 1. The van der Waals surface area contributed by atoms with Gasteiger partial charge in [-0.3, -0.25) is 0 Å². The monoisotopic (exact) mass is 263 g/mol. The molecule has 0 aromatic heterocycles. The molecule has 0 aromatic rings. The van der Waals surface area contributed by atoms with Crippen molar-refractivity contribution in [2.24, 2.45) is 11.2 Å². The van der Waals surface area contributed by atoms with Crippen molar-refractivity contribution in [3.8, 4) is 0 Å². The summed E-state index contributed by atoms with van der Waals surface area (Å²) >= 11 is 5.45. The Bertz CT molecular complexity index is 257. The van der Waals surface area contributed by atoms with Gasteiger partial charge in [0.1, 0.15) is 0 Å². The number of hydrogen-bond acceptors (Lipinski definition) is 4. The van der Waals surface area contributed by atoms with Gasteiger partial charge in [0, 0.05) is 18.5 Å². The van der Waals surface area contributed by atoms with Crippen LogP contribution in [0.2, 0.25) is 0 Å².